The molecule has 1 aliphatic rings. The molecular formula is C15H24N4O. The van der Waals surface area contributed by atoms with Crippen LogP contribution in [0.2, 0.25) is 0 Å². The zero-order chi connectivity index (χ0) is 14.6. The standard InChI is InChI=1S/C15H24N4O/c1-15(2,3)16-13-9-8-12(17-18-13)14(20)19-10-6-4-5-7-11-19/h8-9H,4-7,10-11H2,1-3H3,(H,16,18). The number of nitrogens with one attached hydrogen (secondary N) is 1. The van der Waals surface area contributed by atoms with E-state index in [0.717, 1.165) is 25.9 Å². The zero-order valence-corrected chi connectivity index (χ0v) is 12.6. The van der Waals surface area contributed by atoms with Crippen LogP contribution in [0, 0.1) is 0 Å². The van der Waals surface area contributed by atoms with E-state index < -0.39 is 0 Å². The molecule has 20 heavy (non-hydrogen) atoms. The summed E-state index contributed by atoms with van der Waals surface area (Å²) in [4.78, 5) is 14.2. The highest BCUT2D eigenvalue weighted by Gasteiger charge is 2.19. The van der Waals surface area contributed by atoms with Gasteiger partial charge in [0.15, 0.2) is 5.69 Å². The molecule has 1 saturated heterocycles. The Morgan fingerprint density at radius 3 is 2.25 bits per heavy atom. The van der Waals surface area contributed by atoms with Gasteiger partial charge >= 0.3 is 0 Å². The molecule has 0 unspecified atom stereocenters. The van der Waals surface area contributed by atoms with Crippen molar-refractivity contribution in [3.8, 4) is 0 Å². The second kappa shape index (κ2) is 6.20. The minimum absolute atomic E-state index is 0.00158. The van der Waals surface area contributed by atoms with Gasteiger partial charge in [0.05, 0.1) is 0 Å². The Balaban J connectivity index is 2.03. The van der Waals surface area contributed by atoms with Crippen LogP contribution in [0.15, 0.2) is 12.1 Å². The predicted octanol–water partition coefficient (Wildman–Crippen LogP) is 2.70. The first kappa shape index (κ1) is 14.8. The van der Waals surface area contributed by atoms with Crippen molar-refractivity contribution in [2.75, 3.05) is 18.4 Å². The Bertz CT molecular complexity index is 442. The molecule has 0 saturated carbocycles. The van der Waals surface area contributed by atoms with Crippen molar-refractivity contribution in [3.63, 3.8) is 0 Å². The van der Waals surface area contributed by atoms with Gasteiger partial charge in [0, 0.05) is 18.6 Å². The molecule has 5 heteroatoms. The van der Waals surface area contributed by atoms with Gasteiger partial charge in [0.25, 0.3) is 5.91 Å². The monoisotopic (exact) mass is 276 g/mol. The number of aromatic nitrogens is 2. The van der Waals surface area contributed by atoms with Crippen LogP contribution in [-0.4, -0.2) is 39.6 Å². The predicted molar refractivity (Wildman–Crippen MR) is 79.8 cm³/mol. The first-order chi connectivity index (χ1) is 9.46. The van der Waals surface area contributed by atoms with Crippen LogP contribution in [0.25, 0.3) is 0 Å². The number of carbonyl (C=O) groups excluding carboxylic acids is 1. The van der Waals surface area contributed by atoms with Gasteiger partial charge in [0.1, 0.15) is 5.82 Å². The van der Waals surface area contributed by atoms with Crippen LogP contribution in [-0.2, 0) is 0 Å². The Morgan fingerprint density at radius 2 is 1.75 bits per heavy atom. The topological polar surface area (TPSA) is 58.1 Å². The van der Waals surface area contributed by atoms with Gasteiger partial charge in [-0.15, -0.1) is 10.2 Å². The third-order valence-corrected chi connectivity index (χ3v) is 3.28. The summed E-state index contributed by atoms with van der Waals surface area (Å²) >= 11 is 0. The van der Waals surface area contributed by atoms with Crippen LogP contribution in [0.3, 0.4) is 0 Å². The minimum atomic E-state index is -0.0645. The summed E-state index contributed by atoms with van der Waals surface area (Å²) < 4.78 is 0. The molecular weight excluding hydrogens is 252 g/mol. The van der Waals surface area contributed by atoms with E-state index in [1.807, 2.05) is 11.0 Å². The smallest absolute Gasteiger partial charge is 0.274 e. The third-order valence-electron chi connectivity index (χ3n) is 3.28. The Labute approximate surface area is 120 Å². The normalized spacial score (nSPS) is 16.6. The highest BCUT2D eigenvalue weighted by molar-refractivity contribution is 5.92. The lowest BCUT2D eigenvalue weighted by Crippen LogP contribution is -2.33. The fourth-order valence-corrected chi connectivity index (χ4v) is 2.33. The summed E-state index contributed by atoms with van der Waals surface area (Å²) in [5.41, 5.74) is 0.372. The summed E-state index contributed by atoms with van der Waals surface area (Å²) in [5.74, 6) is 0.701. The maximum Gasteiger partial charge on any atom is 0.274 e. The SMILES string of the molecule is CC(C)(C)Nc1ccc(C(=O)N2CCCCCC2)nn1. The molecule has 1 fully saturated rings. The number of amides is 1. The molecule has 1 aromatic rings. The third kappa shape index (κ3) is 4.18. The van der Waals surface area contributed by atoms with Crippen LogP contribution >= 0.6 is 0 Å². The fraction of sp³-hybridized carbons (Fsp3) is 0.667. The summed E-state index contributed by atoms with van der Waals surface area (Å²) in [6.45, 7) is 7.85. The molecule has 1 aliphatic heterocycles. The van der Waals surface area contributed by atoms with Gasteiger partial charge in [-0.25, -0.2) is 0 Å². The van der Waals surface area contributed by atoms with Crippen LogP contribution in [0.4, 0.5) is 5.82 Å². The van der Waals surface area contributed by atoms with Crippen molar-refractivity contribution in [3.05, 3.63) is 17.8 Å². The summed E-state index contributed by atoms with van der Waals surface area (Å²) in [6.07, 6.45) is 4.60. The molecule has 2 rings (SSSR count). The number of rotatable bonds is 2. The van der Waals surface area contributed by atoms with Gasteiger partial charge in [0.2, 0.25) is 0 Å². The Kier molecular flexibility index (Phi) is 4.57. The van der Waals surface area contributed by atoms with E-state index in [1.54, 1.807) is 6.07 Å². The molecule has 0 spiro atoms. The Hall–Kier alpha value is -1.65. The molecule has 110 valence electrons. The van der Waals surface area contributed by atoms with E-state index in [0.29, 0.717) is 11.5 Å². The van der Waals surface area contributed by atoms with E-state index in [4.69, 9.17) is 0 Å². The molecule has 1 amide bonds. The summed E-state index contributed by atoms with van der Waals surface area (Å²) in [5, 5.41) is 11.4. The molecule has 0 aromatic carbocycles. The quantitative estimate of drug-likeness (QED) is 0.902. The van der Waals surface area contributed by atoms with Gasteiger partial charge in [-0.2, -0.15) is 0 Å². The first-order valence-electron chi connectivity index (χ1n) is 7.37. The lowest BCUT2D eigenvalue weighted by atomic mass is 10.1. The highest BCUT2D eigenvalue weighted by atomic mass is 16.2. The molecule has 5 nitrogen and oxygen atoms in total. The second-order valence-electron chi connectivity index (χ2n) is 6.39. The van der Waals surface area contributed by atoms with Crippen molar-refractivity contribution in [1.82, 2.24) is 15.1 Å². The number of carbonyl (C=O) groups is 1. The number of likely N-dealkylation sites (tertiary alicyclic amines) is 1. The van der Waals surface area contributed by atoms with Crippen LogP contribution in [0.5, 0.6) is 0 Å². The van der Waals surface area contributed by atoms with Gasteiger partial charge in [-0.3, -0.25) is 4.79 Å². The number of hydrogen-bond donors (Lipinski definition) is 1. The lowest BCUT2D eigenvalue weighted by Gasteiger charge is -2.21. The minimum Gasteiger partial charge on any atom is -0.364 e. The number of hydrogen-bond acceptors (Lipinski definition) is 4. The molecule has 0 bridgehead atoms. The van der Waals surface area contributed by atoms with Crippen LogP contribution < -0.4 is 5.32 Å². The van der Waals surface area contributed by atoms with Crippen molar-refractivity contribution in [1.29, 1.82) is 0 Å². The molecule has 0 aliphatic carbocycles. The largest absolute Gasteiger partial charge is 0.364 e. The van der Waals surface area contributed by atoms with Crippen LogP contribution in [0.1, 0.15) is 56.9 Å². The average Bonchev–Trinajstić information content (AvgIpc) is 2.66. The number of nitrogens with zero attached hydrogens (tertiary/aromatic N) is 3. The number of anilines is 1. The molecule has 1 N–H and O–H groups in total. The van der Waals surface area contributed by atoms with E-state index >= 15 is 0 Å². The maximum absolute atomic E-state index is 12.4. The second-order valence-corrected chi connectivity index (χ2v) is 6.39. The molecule has 2 heterocycles. The van der Waals surface area contributed by atoms with Crippen molar-refractivity contribution >= 4 is 11.7 Å². The van der Waals surface area contributed by atoms with Gasteiger partial charge < -0.3 is 10.2 Å². The van der Waals surface area contributed by atoms with Crippen molar-refractivity contribution in [2.45, 2.75) is 52.0 Å². The van der Waals surface area contributed by atoms with E-state index in [2.05, 4.69) is 36.3 Å². The highest BCUT2D eigenvalue weighted by Crippen LogP contribution is 2.14. The van der Waals surface area contributed by atoms with Gasteiger partial charge in [-0.05, 0) is 45.7 Å². The molecule has 0 radical (unpaired) electrons. The average molecular weight is 276 g/mol. The first-order valence-corrected chi connectivity index (χ1v) is 7.37. The van der Waals surface area contributed by atoms with Crippen molar-refractivity contribution < 1.29 is 4.79 Å². The maximum atomic E-state index is 12.4. The zero-order valence-electron chi connectivity index (χ0n) is 12.6. The van der Waals surface area contributed by atoms with Gasteiger partial charge in [-0.1, -0.05) is 12.8 Å². The van der Waals surface area contributed by atoms with E-state index in [9.17, 15) is 4.79 Å². The molecule has 0 atom stereocenters. The summed E-state index contributed by atoms with van der Waals surface area (Å²) in [7, 11) is 0. The van der Waals surface area contributed by atoms with E-state index in [1.165, 1.54) is 12.8 Å². The summed E-state index contributed by atoms with van der Waals surface area (Å²) in [6, 6.07) is 3.58. The fourth-order valence-electron chi connectivity index (χ4n) is 2.33. The van der Waals surface area contributed by atoms with E-state index in [-0.39, 0.29) is 11.4 Å². The van der Waals surface area contributed by atoms with Crippen molar-refractivity contribution in [2.24, 2.45) is 0 Å². The lowest BCUT2D eigenvalue weighted by molar-refractivity contribution is 0.0754. The Morgan fingerprint density at radius 1 is 1.10 bits per heavy atom. The molecule has 1 aromatic heterocycles.